The molecule has 32 heavy (non-hydrogen) atoms. The fourth-order valence-corrected chi connectivity index (χ4v) is 3.45. The summed E-state index contributed by atoms with van der Waals surface area (Å²) >= 11 is 5.85. The van der Waals surface area contributed by atoms with Crippen molar-refractivity contribution in [3.63, 3.8) is 0 Å². The smallest absolute Gasteiger partial charge is 0.299 e. The van der Waals surface area contributed by atoms with Crippen LogP contribution in [0.25, 0.3) is 0 Å². The SMILES string of the molecule is Cc1cc(Cl)cnc1C(=O)Cc1ccc(F)c([C@@]2(C)N=C(N)COCC2(F)F)c1.O=CO. The number of benzene rings is 1. The first-order valence-electron chi connectivity index (χ1n) is 9.27. The van der Waals surface area contributed by atoms with Crippen molar-refractivity contribution in [2.45, 2.75) is 31.7 Å². The molecule has 1 atom stereocenters. The fourth-order valence-electron chi connectivity index (χ4n) is 3.24. The third kappa shape index (κ3) is 5.43. The number of carbonyl (C=O) groups is 2. The molecule has 0 spiro atoms. The van der Waals surface area contributed by atoms with Crippen LogP contribution in [0.5, 0.6) is 0 Å². The van der Waals surface area contributed by atoms with Gasteiger partial charge in [-0.25, -0.2) is 13.2 Å². The molecule has 0 radical (unpaired) electrons. The molecule has 1 aromatic heterocycles. The Hall–Kier alpha value is -2.98. The monoisotopic (exact) mass is 471 g/mol. The number of hydrogen-bond acceptors (Lipinski definition) is 6. The summed E-state index contributed by atoms with van der Waals surface area (Å²) in [5.74, 6) is -4.89. The lowest BCUT2D eigenvalue weighted by molar-refractivity contribution is -0.122. The summed E-state index contributed by atoms with van der Waals surface area (Å²) in [4.78, 5) is 28.9. The molecule has 0 saturated carbocycles. The number of hydrogen-bond donors (Lipinski definition) is 2. The molecular weight excluding hydrogens is 451 g/mol. The molecule has 7 nitrogen and oxygen atoms in total. The number of pyridine rings is 1. The third-order valence-electron chi connectivity index (χ3n) is 4.84. The van der Waals surface area contributed by atoms with Crippen molar-refractivity contribution in [3.05, 3.63) is 63.7 Å². The number of aliphatic imine (C=N–C) groups is 1. The Kier molecular flexibility index (Phi) is 7.97. The highest BCUT2D eigenvalue weighted by Gasteiger charge is 2.54. The second-order valence-electron chi connectivity index (χ2n) is 7.21. The predicted molar refractivity (Wildman–Crippen MR) is 112 cm³/mol. The second kappa shape index (κ2) is 10.1. The maximum atomic E-state index is 14.8. The molecule has 172 valence electrons. The van der Waals surface area contributed by atoms with Crippen LogP contribution < -0.4 is 5.73 Å². The van der Waals surface area contributed by atoms with Gasteiger partial charge in [-0.15, -0.1) is 0 Å². The Morgan fingerprint density at radius 2 is 2.03 bits per heavy atom. The van der Waals surface area contributed by atoms with Crippen molar-refractivity contribution in [1.29, 1.82) is 0 Å². The van der Waals surface area contributed by atoms with Crippen LogP contribution >= 0.6 is 11.6 Å². The summed E-state index contributed by atoms with van der Waals surface area (Å²) in [5.41, 5.74) is 4.15. The highest BCUT2D eigenvalue weighted by Crippen LogP contribution is 2.43. The van der Waals surface area contributed by atoms with Gasteiger partial charge < -0.3 is 15.6 Å². The first-order valence-corrected chi connectivity index (χ1v) is 9.65. The molecule has 0 fully saturated rings. The largest absolute Gasteiger partial charge is 0.483 e. The molecular formula is C21H21ClF3N3O4. The molecule has 0 aliphatic carbocycles. The lowest BCUT2D eigenvalue weighted by Crippen LogP contribution is -2.45. The van der Waals surface area contributed by atoms with E-state index in [1.54, 1.807) is 13.0 Å². The van der Waals surface area contributed by atoms with E-state index in [-0.39, 0.29) is 42.4 Å². The Bertz CT molecular complexity index is 1050. The molecule has 0 amide bonds. The summed E-state index contributed by atoms with van der Waals surface area (Å²) in [6, 6.07) is 5.22. The Morgan fingerprint density at radius 1 is 1.38 bits per heavy atom. The highest BCUT2D eigenvalue weighted by molar-refractivity contribution is 6.30. The van der Waals surface area contributed by atoms with Gasteiger partial charge in [-0.1, -0.05) is 17.7 Å². The van der Waals surface area contributed by atoms with Gasteiger partial charge in [0.25, 0.3) is 12.4 Å². The van der Waals surface area contributed by atoms with E-state index in [4.69, 9.17) is 32.0 Å². The molecule has 2 heterocycles. The number of carbonyl (C=O) groups excluding carboxylic acids is 1. The van der Waals surface area contributed by atoms with Crippen molar-refractivity contribution < 1.29 is 32.6 Å². The van der Waals surface area contributed by atoms with Gasteiger partial charge in [-0.3, -0.25) is 19.6 Å². The maximum Gasteiger partial charge on any atom is 0.299 e. The van der Waals surface area contributed by atoms with Crippen molar-refractivity contribution in [2.24, 2.45) is 10.7 Å². The van der Waals surface area contributed by atoms with Crippen LogP contribution in [0, 0.1) is 12.7 Å². The van der Waals surface area contributed by atoms with Crippen LogP contribution in [0.4, 0.5) is 13.2 Å². The van der Waals surface area contributed by atoms with E-state index in [2.05, 4.69) is 9.98 Å². The van der Waals surface area contributed by atoms with Gasteiger partial charge in [0.05, 0.1) is 5.02 Å². The van der Waals surface area contributed by atoms with E-state index < -0.39 is 23.9 Å². The molecule has 0 bridgehead atoms. The van der Waals surface area contributed by atoms with Crippen LogP contribution in [-0.4, -0.2) is 47.3 Å². The molecule has 1 aromatic carbocycles. The van der Waals surface area contributed by atoms with Crippen molar-refractivity contribution in [3.8, 4) is 0 Å². The summed E-state index contributed by atoms with van der Waals surface area (Å²) in [7, 11) is 0. The molecule has 0 unspecified atom stereocenters. The first kappa shape index (κ1) is 25.3. The number of carboxylic acid groups (broad SMARTS) is 1. The normalized spacial score (nSPS) is 19.8. The van der Waals surface area contributed by atoms with Gasteiger partial charge in [0.2, 0.25) is 0 Å². The van der Waals surface area contributed by atoms with E-state index in [1.165, 1.54) is 18.3 Å². The molecule has 2 aromatic rings. The van der Waals surface area contributed by atoms with Gasteiger partial charge in [0.1, 0.15) is 30.6 Å². The maximum absolute atomic E-state index is 14.8. The number of nitrogens with zero attached hydrogens (tertiary/aromatic N) is 2. The zero-order valence-electron chi connectivity index (χ0n) is 17.2. The zero-order chi connectivity index (χ0) is 24.1. The van der Waals surface area contributed by atoms with Crippen LogP contribution in [0.3, 0.4) is 0 Å². The Balaban J connectivity index is 0.00000114. The Morgan fingerprint density at radius 3 is 2.66 bits per heavy atom. The van der Waals surface area contributed by atoms with Crippen molar-refractivity contribution in [2.75, 3.05) is 13.2 Å². The number of ether oxygens (including phenoxy) is 1. The van der Waals surface area contributed by atoms with Gasteiger partial charge >= 0.3 is 0 Å². The number of ketones is 1. The summed E-state index contributed by atoms with van der Waals surface area (Å²) in [5, 5.41) is 7.28. The summed E-state index contributed by atoms with van der Waals surface area (Å²) in [6.07, 6.45) is 1.20. The number of aromatic nitrogens is 1. The number of aryl methyl sites for hydroxylation is 1. The number of halogens is 4. The van der Waals surface area contributed by atoms with Crippen LogP contribution in [0.15, 0.2) is 35.5 Å². The zero-order valence-corrected chi connectivity index (χ0v) is 18.0. The lowest BCUT2D eigenvalue weighted by Gasteiger charge is -2.33. The summed E-state index contributed by atoms with van der Waals surface area (Å²) in [6.45, 7) is 1.31. The van der Waals surface area contributed by atoms with E-state index in [9.17, 15) is 18.0 Å². The predicted octanol–water partition coefficient (Wildman–Crippen LogP) is 3.55. The second-order valence-corrected chi connectivity index (χ2v) is 7.65. The minimum absolute atomic E-state index is 0.153. The molecule has 11 heteroatoms. The average molecular weight is 472 g/mol. The molecule has 0 saturated heterocycles. The van der Waals surface area contributed by atoms with E-state index in [0.717, 1.165) is 13.0 Å². The number of nitrogens with two attached hydrogens (primary N) is 1. The quantitative estimate of drug-likeness (QED) is 0.520. The molecule has 3 rings (SSSR count). The number of alkyl halides is 2. The van der Waals surface area contributed by atoms with Crippen LogP contribution in [0.2, 0.25) is 5.02 Å². The van der Waals surface area contributed by atoms with Crippen molar-refractivity contribution >= 4 is 29.7 Å². The third-order valence-corrected chi connectivity index (χ3v) is 5.05. The fraction of sp³-hybridized carbons (Fsp3) is 0.333. The van der Waals surface area contributed by atoms with Gasteiger partial charge in [0.15, 0.2) is 11.3 Å². The van der Waals surface area contributed by atoms with Gasteiger partial charge in [0, 0.05) is 18.2 Å². The average Bonchev–Trinajstić information content (AvgIpc) is 2.79. The number of rotatable bonds is 4. The van der Waals surface area contributed by atoms with E-state index >= 15 is 0 Å². The van der Waals surface area contributed by atoms with E-state index in [1.807, 2.05) is 0 Å². The Labute approximate surface area is 187 Å². The molecule has 3 N–H and O–H groups in total. The van der Waals surface area contributed by atoms with Crippen LogP contribution in [0.1, 0.15) is 34.1 Å². The minimum Gasteiger partial charge on any atom is -0.483 e. The lowest BCUT2D eigenvalue weighted by atomic mass is 9.84. The highest BCUT2D eigenvalue weighted by atomic mass is 35.5. The standard InChI is InChI=1S/C20H19ClF3N3O2.CH2O2/c1-11-5-13(21)8-26-18(11)16(28)7-12-3-4-15(22)14(6-12)19(2)20(23,24)10-29-9-17(25)27-19;2-1-3/h3-6,8H,7,9-10H2,1-2H3,(H2,25,27);1H,(H,2,3)/t19-;/m1./s1. The molecule has 1 aliphatic rings. The first-order chi connectivity index (χ1) is 14.9. The number of amidine groups is 1. The number of Topliss-reactive ketones (excluding diaryl/α,β-unsaturated/α-hetero) is 1. The van der Waals surface area contributed by atoms with Crippen LogP contribution in [-0.2, 0) is 21.5 Å². The van der Waals surface area contributed by atoms with Crippen molar-refractivity contribution in [1.82, 2.24) is 4.98 Å². The topological polar surface area (TPSA) is 115 Å². The van der Waals surface area contributed by atoms with Gasteiger partial charge in [-0.05, 0) is 43.2 Å². The molecule has 1 aliphatic heterocycles. The van der Waals surface area contributed by atoms with Gasteiger partial charge in [-0.2, -0.15) is 0 Å². The minimum atomic E-state index is -3.51. The summed E-state index contributed by atoms with van der Waals surface area (Å²) < 4.78 is 48.9. The van der Waals surface area contributed by atoms with E-state index in [0.29, 0.717) is 16.1 Å².